The molecule has 0 heterocycles. The summed E-state index contributed by atoms with van der Waals surface area (Å²) in [6.45, 7) is 13.6. The first kappa shape index (κ1) is 28.1. The summed E-state index contributed by atoms with van der Waals surface area (Å²) in [7, 11) is 0. The molecule has 0 bridgehead atoms. The maximum absolute atomic E-state index is 6.21. The molecule has 2 nitrogen and oxygen atoms in total. The molecule has 1 aliphatic carbocycles. The van der Waals surface area contributed by atoms with E-state index in [1.807, 2.05) is 0 Å². The number of nitrogens with one attached hydrogen (secondary N) is 1. The van der Waals surface area contributed by atoms with Crippen LogP contribution in [0.1, 0.15) is 54.4 Å². The molecule has 0 saturated heterocycles. The van der Waals surface area contributed by atoms with Crippen molar-refractivity contribution in [3.8, 4) is 0 Å². The summed E-state index contributed by atoms with van der Waals surface area (Å²) < 4.78 is 0. The molecule has 112 valence electrons. The Labute approximate surface area is 150 Å². The molecule has 0 fully saturated rings. The van der Waals surface area contributed by atoms with Crippen molar-refractivity contribution < 1.29 is 31.0 Å². The molecule has 0 spiro atoms. The summed E-state index contributed by atoms with van der Waals surface area (Å²) in [6, 6.07) is 0. The van der Waals surface area contributed by atoms with Gasteiger partial charge in [-0.1, -0.05) is 46.5 Å². The third kappa shape index (κ3) is 10.3. The fraction of sp³-hybridized carbons (Fsp3) is 0.714. The van der Waals surface area contributed by atoms with Crippen LogP contribution in [0, 0.1) is 11.5 Å². The quantitative estimate of drug-likeness (QED) is 0.346. The summed E-state index contributed by atoms with van der Waals surface area (Å²) in [5, 5.41) is 0. The van der Waals surface area contributed by atoms with E-state index in [9.17, 15) is 0 Å². The summed E-state index contributed by atoms with van der Waals surface area (Å²) >= 11 is 0. The van der Waals surface area contributed by atoms with Crippen molar-refractivity contribution in [2.45, 2.75) is 54.4 Å². The van der Waals surface area contributed by atoms with Gasteiger partial charge in [-0.2, -0.15) is 11.1 Å². The number of rotatable bonds is 3. The van der Waals surface area contributed by atoms with Gasteiger partial charge in [-0.25, -0.2) is 5.57 Å². The molecule has 0 saturated carbocycles. The van der Waals surface area contributed by atoms with Crippen molar-refractivity contribution in [1.29, 1.82) is 0 Å². The first-order chi connectivity index (χ1) is 7.36. The minimum absolute atomic E-state index is 0. The number of allylic oxidation sites excluding steroid dienone is 4. The van der Waals surface area contributed by atoms with E-state index in [1.165, 1.54) is 16.7 Å². The van der Waals surface area contributed by atoms with Crippen molar-refractivity contribution in [3.63, 3.8) is 0 Å². The van der Waals surface area contributed by atoms with Gasteiger partial charge in [0.2, 0.25) is 0 Å². The Morgan fingerprint density at radius 1 is 1.16 bits per heavy atom. The predicted octanol–water partition coefficient (Wildman–Crippen LogP) is 5.72. The molecule has 0 aromatic heterocycles. The van der Waals surface area contributed by atoms with Crippen LogP contribution in [0.25, 0.3) is 5.90 Å². The second-order valence-corrected chi connectivity index (χ2v) is 4.83. The standard InChI is InChI=1S/C10H15.C4H10NO.2ClH.Zr/c1-7-6-10(4,5)9(3)8(7)2;1-2-3-4-6-5;;;/h1-5H3;5H,2-4H2,1H3;2*1H;/q2*-1;;;+2. The first-order valence-corrected chi connectivity index (χ1v) is 5.95. The van der Waals surface area contributed by atoms with Crippen LogP contribution in [-0.4, -0.2) is 6.61 Å². The van der Waals surface area contributed by atoms with Crippen LogP contribution < -0.4 is 0 Å². The summed E-state index contributed by atoms with van der Waals surface area (Å²) in [6.07, 6.45) is 5.55. The Morgan fingerprint density at radius 3 is 1.74 bits per heavy atom. The molecule has 0 radical (unpaired) electrons. The Hall–Kier alpha value is 0.863. The topological polar surface area (TPSA) is 33.0 Å². The Bertz CT molecular complexity index is 285. The molecule has 0 atom stereocenters. The van der Waals surface area contributed by atoms with Gasteiger partial charge in [0.05, 0.1) is 0 Å². The molecule has 0 aromatic rings. The normalized spacial score (nSPS) is 15.2. The monoisotopic (exact) mass is 385 g/mol. The smallest absolute Gasteiger partial charge is 0.549 e. The third-order valence-electron chi connectivity index (χ3n) is 3.16. The van der Waals surface area contributed by atoms with Crippen LogP contribution in [0.15, 0.2) is 16.7 Å². The van der Waals surface area contributed by atoms with Crippen molar-refractivity contribution in [2.24, 2.45) is 5.41 Å². The zero-order valence-corrected chi connectivity index (χ0v) is 16.9. The van der Waals surface area contributed by atoms with Gasteiger partial charge < -0.3 is 10.7 Å². The average Bonchev–Trinajstić information content (AvgIpc) is 2.40. The van der Waals surface area contributed by atoms with Crippen molar-refractivity contribution >= 4 is 24.8 Å². The fourth-order valence-electron chi connectivity index (χ4n) is 1.62. The zero-order valence-electron chi connectivity index (χ0n) is 12.8. The van der Waals surface area contributed by atoms with Gasteiger partial charge in [0.15, 0.2) is 0 Å². The third-order valence-corrected chi connectivity index (χ3v) is 3.16. The molecule has 1 N–H and O–H groups in total. The summed E-state index contributed by atoms with van der Waals surface area (Å²) in [5.74, 6) is 6.21. The molecule has 0 amide bonds. The molecule has 1 rings (SSSR count). The minimum Gasteiger partial charge on any atom is -0.549 e. The van der Waals surface area contributed by atoms with E-state index in [1.54, 1.807) is 0 Å². The van der Waals surface area contributed by atoms with Gasteiger partial charge in [-0.3, -0.25) is 6.08 Å². The molecule has 0 aromatic carbocycles. The number of hydrogen-bond donors (Lipinski definition) is 0. The van der Waals surface area contributed by atoms with E-state index >= 15 is 0 Å². The summed E-state index contributed by atoms with van der Waals surface area (Å²) in [5.41, 5.74) is 4.39. The number of unbranched alkanes of at least 4 members (excludes halogenated alkanes) is 1. The SMILES string of the molecule is CC1=[C-]C(C)(C)C(C)=C1C.CCCCO[NH-].Cl.Cl.[Zr+2]. The maximum atomic E-state index is 6.21. The van der Waals surface area contributed by atoms with Crippen LogP contribution in [-0.2, 0) is 31.0 Å². The van der Waals surface area contributed by atoms with Crippen LogP contribution in [0.4, 0.5) is 0 Å². The Kier molecular flexibility index (Phi) is 20.4. The molecular formula is C14H27Cl2NOZr. The van der Waals surface area contributed by atoms with Gasteiger partial charge in [0.25, 0.3) is 0 Å². The maximum Gasteiger partial charge on any atom is 2.00 e. The number of halogens is 2. The van der Waals surface area contributed by atoms with Gasteiger partial charge >= 0.3 is 26.2 Å². The van der Waals surface area contributed by atoms with Crippen LogP contribution >= 0.6 is 24.8 Å². The number of hydrogen-bond acceptors (Lipinski definition) is 1. The molecule has 1 aliphatic rings. The van der Waals surface area contributed by atoms with Gasteiger partial charge in [0.1, 0.15) is 0 Å². The molecule has 19 heavy (non-hydrogen) atoms. The van der Waals surface area contributed by atoms with Crippen molar-refractivity contribution in [1.82, 2.24) is 0 Å². The zero-order chi connectivity index (χ0) is 12.8. The van der Waals surface area contributed by atoms with Crippen LogP contribution in [0.5, 0.6) is 0 Å². The van der Waals surface area contributed by atoms with Crippen LogP contribution in [0.2, 0.25) is 0 Å². The second-order valence-electron chi connectivity index (χ2n) is 4.83. The Morgan fingerprint density at radius 2 is 1.63 bits per heavy atom. The average molecular weight is 388 g/mol. The Balaban J connectivity index is -0.000000112. The van der Waals surface area contributed by atoms with E-state index in [0.29, 0.717) is 6.61 Å². The summed E-state index contributed by atoms with van der Waals surface area (Å²) in [4.78, 5) is 4.03. The molecule has 5 heteroatoms. The predicted molar refractivity (Wildman–Crippen MR) is 84.3 cm³/mol. The van der Waals surface area contributed by atoms with E-state index in [-0.39, 0.29) is 56.4 Å². The van der Waals surface area contributed by atoms with E-state index < -0.39 is 0 Å². The molecule has 0 aliphatic heterocycles. The van der Waals surface area contributed by atoms with E-state index in [4.69, 9.17) is 5.90 Å². The largest absolute Gasteiger partial charge is 2.00 e. The van der Waals surface area contributed by atoms with E-state index in [0.717, 1.165) is 12.8 Å². The van der Waals surface area contributed by atoms with Gasteiger partial charge in [-0.15, -0.1) is 31.7 Å². The minimum atomic E-state index is 0. The van der Waals surface area contributed by atoms with Crippen molar-refractivity contribution in [2.75, 3.05) is 6.61 Å². The molecule has 0 unspecified atom stereocenters. The second kappa shape index (κ2) is 13.8. The fourth-order valence-corrected chi connectivity index (χ4v) is 1.62. The van der Waals surface area contributed by atoms with Crippen molar-refractivity contribution in [3.05, 3.63) is 28.7 Å². The molecular weight excluding hydrogens is 360 g/mol. The first-order valence-electron chi connectivity index (χ1n) is 5.95. The van der Waals surface area contributed by atoms with Gasteiger partial charge in [0, 0.05) is 6.61 Å². The van der Waals surface area contributed by atoms with E-state index in [2.05, 4.69) is 52.5 Å². The van der Waals surface area contributed by atoms with Crippen LogP contribution in [0.3, 0.4) is 0 Å². The van der Waals surface area contributed by atoms with Gasteiger partial charge in [-0.05, 0) is 6.42 Å².